The van der Waals surface area contributed by atoms with Gasteiger partial charge in [-0.1, -0.05) is 0 Å². The molecule has 0 fully saturated rings. The molecular weight excluding hydrogens is 211 g/mol. The maximum atomic E-state index is 2.18. The zero-order valence-corrected chi connectivity index (χ0v) is 10.7. The van der Waals surface area contributed by atoms with Crippen LogP contribution >= 0.6 is 12.4 Å². The Labute approximate surface area is 83.9 Å². The average molecular weight is 222 g/mol. The predicted molar refractivity (Wildman–Crippen MR) is 47.7 cm³/mol. The Morgan fingerprint density at radius 3 is 2.09 bits per heavy atom. The molecule has 1 rings (SSSR count). The zero-order chi connectivity index (χ0) is 7.56. The molecule has 1 aromatic rings. The molecule has 1 nitrogen and oxygen atoms in total. The van der Waals surface area contributed by atoms with Crippen LogP contribution in [0, 0.1) is 0 Å². The monoisotopic (exact) mass is 220 g/mol. The Balaban J connectivity index is 0.000001000. The van der Waals surface area contributed by atoms with Crippen molar-refractivity contribution in [2.75, 3.05) is 19.0 Å². The Morgan fingerprint density at radius 2 is 1.73 bits per heavy atom. The minimum absolute atomic E-state index is 0. The number of para-hydroxylation sites is 1. The fraction of sp³-hybridized carbons (Fsp3) is 0.250. The Morgan fingerprint density at radius 1 is 1.18 bits per heavy atom. The fourth-order valence-electron chi connectivity index (χ4n) is 0.947. The van der Waals surface area contributed by atoms with E-state index in [0.717, 1.165) is 0 Å². The molecule has 0 spiro atoms. The van der Waals surface area contributed by atoms with Crippen molar-refractivity contribution >= 4 is 22.3 Å². The third-order valence-electron chi connectivity index (χ3n) is 1.47. The summed E-state index contributed by atoms with van der Waals surface area (Å²) in [6.07, 6.45) is 0. The van der Waals surface area contributed by atoms with Crippen LogP contribution in [-0.4, -0.2) is 14.1 Å². The molecule has 0 atom stereocenters. The molecule has 3 heteroatoms. The number of anilines is 1. The molecule has 0 aliphatic heterocycles. The number of hydrogen-bond donors (Lipinski definition) is 0. The zero-order valence-electron chi connectivity index (χ0n) is 6.87. The first kappa shape index (κ1) is 10.9. The molecule has 0 aliphatic carbocycles. The van der Waals surface area contributed by atoms with Gasteiger partial charge in [-0.25, -0.2) is 0 Å². The molecule has 0 unspecified atom stereocenters. The predicted octanol–water partition coefficient (Wildman–Crippen LogP) is 1.35. The van der Waals surface area contributed by atoms with Gasteiger partial charge in [-0.15, -0.1) is 12.4 Å². The van der Waals surface area contributed by atoms with Gasteiger partial charge in [0.15, 0.2) is 0 Å². The van der Waals surface area contributed by atoms with Crippen LogP contribution < -0.4 is 9.06 Å². The van der Waals surface area contributed by atoms with Gasteiger partial charge in [0, 0.05) is 0 Å². The summed E-state index contributed by atoms with van der Waals surface area (Å²) in [6.45, 7) is 0. The van der Waals surface area contributed by atoms with Crippen molar-refractivity contribution < 1.29 is 18.3 Å². The van der Waals surface area contributed by atoms with E-state index in [4.69, 9.17) is 0 Å². The Hall–Kier alpha value is -0.0666. The second-order valence-corrected chi connectivity index (χ2v) is 4.12. The van der Waals surface area contributed by atoms with Crippen LogP contribution in [0.1, 0.15) is 0 Å². The van der Waals surface area contributed by atoms with Gasteiger partial charge < -0.3 is 0 Å². The molecule has 0 amide bonds. The van der Waals surface area contributed by atoms with E-state index in [2.05, 4.69) is 43.3 Å². The first-order valence-corrected chi connectivity index (χ1v) is 4.78. The molecule has 0 aromatic heterocycles. The molecule has 0 aliphatic rings. The summed E-state index contributed by atoms with van der Waals surface area (Å²) < 4.78 is 1.45. The van der Waals surface area contributed by atoms with Crippen molar-refractivity contribution in [1.82, 2.24) is 0 Å². The number of halogens is 1. The van der Waals surface area contributed by atoms with Crippen molar-refractivity contribution in [1.29, 1.82) is 0 Å². The number of nitrogens with zero attached hydrogens (tertiary/aromatic N) is 1. The third kappa shape index (κ3) is 2.80. The van der Waals surface area contributed by atoms with Crippen LogP contribution in [0.15, 0.2) is 24.3 Å². The van der Waals surface area contributed by atoms with Gasteiger partial charge in [0.2, 0.25) is 0 Å². The average Bonchev–Trinajstić information content (AvgIpc) is 1.88. The van der Waals surface area contributed by atoms with E-state index in [9.17, 15) is 0 Å². The topological polar surface area (TPSA) is 3.24 Å². The second-order valence-electron chi connectivity index (χ2n) is 2.52. The molecular formula is C8H11ClNZn. The fourth-order valence-corrected chi connectivity index (χ4v) is 2.14. The summed E-state index contributed by atoms with van der Waals surface area (Å²) >= 11 is 1.23. The number of benzene rings is 1. The maximum absolute atomic E-state index is 2.18. The van der Waals surface area contributed by atoms with Gasteiger partial charge >= 0.3 is 71.4 Å². The van der Waals surface area contributed by atoms with E-state index in [-0.39, 0.29) is 12.4 Å². The Bertz CT molecular complexity index is 225. The third-order valence-corrected chi connectivity index (χ3v) is 2.73. The van der Waals surface area contributed by atoms with Crippen LogP contribution in [-0.2, 0) is 18.3 Å². The quantitative estimate of drug-likeness (QED) is 0.648. The first-order chi connectivity index (χ1) is 4.72. The van der Waals surface area contributed by atoms with E-state index >= 15 is 0 Å². The summed E-state index contributed by atoms with van der Waals surface area (Å²) in [7, 11) is 4.16. The molecule has 0 bridgehead atoms. The standard InChI is InChI=1S/C8H10N.ClH.Zn/c1-9(2)8-6-4-3-5-7-8;;/h3-6H,1-2H3;1H;. The smallest absolute Gasteiger partial charge is 0.147 e. The molecule has 1 aromatic carbocycles. The van der Waals surface area contributed by atoms with Gasteiger partial charge in [0.25, 0.3) is 0 Å². The van der Waals surface area contributed by atoms with Gasteiger partial charge in [0.1, 0.15) is 0 Å². The van der Waals surface area contributed by atoms with Crippen LogP contribution in [0.5, 0.6) is 0 Å². The van der Waals surface area contributed by atoms with Crippen LogP contribution in [0.25, 0.3) is 0 Å². The van der Waals surface area contributed by atoms with Crippen LogP contribution in [0.3, 0.4) is 0 Å². The molecule has 0 saturated carbocycles. The van der Waals surface area contributed by atoms with E-state index in [1.807, 2.05) is 0 Å². The van der Waals surface area contributed by atoms with Crippen LogP contribution in [0.2, 0.25) is 0 Å². The van der Waals surface area contributed by atoms with Crippen LogP contribution in [0.4, 0.5) is 5.69 Å². The van der Waals surface area contributed by atoms with Crippen molar-refractivity contribution in [3.8, 4) is 0 Å². The van der Waals surface area contributed by atoms with Gasteiger partial charge in [0.05, 0.1) is 0 Å². The van der Waals surface area contributed by atoms with E-state index in [0.29, 0.717) is 0 Å². The van der Waals surface area contributed by atoms with Crippen molar-refractivity contribution in [2.24, 2.45) is 0 Å². The summed E-state index contributed by atoms with van der Waals surface area (Å²) in [5.41, 5.74) is 1.35. The molecule has 0 heterocycles. The molecule has 57 valence electrons. The van der Waals surface area contributed by atoms with Crippen molar-refractivity contribution in [3.63, 3.8) is 0 Å². The number of hydrogen-bond acceptors (Lipinski definition) is 1. The normalized spacial score (nSPS) is 8.73. The SMILES string of the molecule is CN(C)c1cccc[c]1[Zn].Cl. The largest absolute Gasteiger partial charge is 0.147 e. The maximum Gasteiger partial charge on any atom is -0.147 e. The van der Waals surface area contributed by atoms with E-state index < -0.39 is 0 Å². The Kier molecular flexibility index (Phi) is 4.71. The van der Waals surface area contributed by atoms with Gasteiger partial charge in [-0.2, -0.15) is 0 Å². The van der Waals surface area contributed by atoms with Gasteiger partial charge in [-0.3, -0.25) is 0 Å². The van der Waals surface area contributed by atoms with E-state index in [1.165, 1.54) is 28.1 Å². The minimum atomic E-state index is 0. The van der Waals surface area contributed by atoms with Gasteiger partial charge in [-0.05, 0) is 0 Å². The molecule has 0 saturated heterocycles. The van der Waals surface area contributed by atoms with Crippen molar-refractivity contribution in [2.45, 2.75) is 0 Å². The first-order valence-electron chi connectivity index (χ1n) is 3.30. The minimum Gasteiger partial charge on any atom is -0.147 e. The summed E-state index contributed by atoms with van der Waals surface area (Å²) in [5.74, 6) is 0. The molecule has 0 radical (unpaired) electrons. The number of rotatable bonds is 1. The summed E-state index contributed by atoms with van der Waals surface area (Å²) in [4.78, 5) is 2.15. The summed E-state index contributed by atoms with van der Waals surface area (Å²) in [6, 6.07) is 8.49. The van der Waals surface area contributed by atoms with E-state index in [1.54, 1.807) is 0 Å². The second kappa shape index (κ2) is 4.74. The molecule has 11 heavy (non-hydrogen) atoms. The summed E-state index contributed by atoms with van der Waals surface area (Å²) in [5, 5.41) is 0. The molecule has 0 N–H and O–H groups in total. The van der Waals surface area contributed by atoms with Crippen molar-refractivity contribution in [3.05, 3.63) is 24.3 Å².